The molecule has 0 bridgehead atoms. The molecule has 0 saturated carbocycles. The zero-order valence-corrected chi connectivity index (χ0v) is 10.0. The van der Waals surface area contributed by atoms with Crippen LogP contribution in [0.3, 0.4) is 0 Å². The number of anilines is 1. The van der Waals surface area contributed by atoms with Crippen molar-refractivity contribution in [2.75, 3.05) is 11.9 Å². The van der Waals surface area contributed by atoms with Gasteiger partial charge in [-0.15, -0.1) is 0 Å². The van der Waals surface area contributed by atoms with Crippen LogP contribution in [0.25, 0.3) is 0 Å². The lowest BCUT2D eigenvalue weighted by Crippen LogP contribution is -2.29. The van der Waals surface area contributed by atoms with Gasteiger partial charge in [-0.3, -0.25) is 4.98 Å². The molecule has 0 fully saturated rings. The van der Waals surface area contributed by atoms with Crippen LogP contribution < -0.4 is 4.90 Å². The molecule has 2 heterocycles. The van der Waals surface area contributed by atoms with Crippen LogP contribution in [0.1, 0.15) is 23.7 Å². The van der Waals surface area contributed by atoms with Crippen LogP contribution in [0.5, 0.6) is 0 Å². The number of rotatable bonds is 1. The molecule has 17 heavy (non-hydrogen) atoms. The fraction of sp³-hybridized carbons (Fsp3) is 0.267. The van der Waals surface area contributed by atoms with Crippen molar-refractivity contribution in [1.29, 1.82) is 0 Å². The molecule has 0 unspecified atom stereocenters. The van der Waals surface area contributed by atoms with Gasteiger partial charge in [-0.25, -0.2) is 0 Å². The maximum atomic E-state index is 4.48. The lowest BCUT2D eigenvalue weighted by atomic mass is 9.94. The van der Waals surface area contributed by atoms with Crippen molar-refractivity contribution in [1.82, 2.24) is 4.98 Å². The minimum absolute atomic E-state index is 0.408. The molecule has 1 aliphatic rings. The first-order valence-corrected chi connectivity index (χ1v) is 6.08. The summed E-state index contributed by atoms with van der Waals surface area (Å²) in [6, 6.07) is 15.2. The molecule has 0 saturated heterocycles. The number of fused-ring (bicyclic) bond motifs is 1. The maximum Gasteiger partial charge on any atom is 0.0713 e. The molecule has 1 aromatic heterocycles. The number of hydrogen-bond acceptors (Lipinski definition) is 2. The highest BCUT2D eigenvalue weighted by molar-refractivity contribution is 5.56. The number of pyridine rings is 1. The van der Waals surface area contributed by atoms with E-state index in [0.29, 0.717) is 6.04 Å². The molecule has 1 atom stereocenters. The second-order valence-electron chi connectivity index (χ2n) is 4.55. The third-order valence-electron chi connectivity index (χ3n) is 3.56. The number of aromatic nitrogens is 1. The van der Waals surface area contributed by atoms with E-state index in [0.717, 1.165) is 12.8 Å². The summed E-state index contributed by atoms with van der Waals surface area (Å²) in [5, 5.41) is 0. The Balaban J connectivity index is 1.97. The second kappa shape index (κ2) is 4.21. The number of aryl methyl sites for hydroxylation is 1. The summed E-state index contributed by atoms with van der Waals surface area (Å²) < 4.78 is 0. The molecule has 0 spiro atoms. The Morgan fingerprint density at radius 1 is 1.12 bits per heavy atom. The Labute approximate surface area is 102 Å². The van der Waals surface area contributed by atoms with Gasteiger partial charge in [0.2, 0.25) is 0 Å². The summed E-state index contributed by atoms with van der Waals surface area (Å²) in [4.78, 5) is 6.83. The fourth-order valence-electron chi connectivity index (χ4n) is 2.64. The molecule has 1 aliphatic heterocycles. The van der Waals surface area contributed by atoms with E-state index in [9.17, 15) is 0 Å². The van der Waals surface area contributed by atoms with Crippen molar-refractivity contribution in [3.8, 4) is 0 Å². The van der Waals surface area contributed by atoms with Crippen molar-refractivity contribution in [2.24, 2.45) is 0 Å². The van der Waals surface area contributed by atoms with Gasteiger partial charge >= 0.3 is 0 Å². The maximum absolute atomic E-state index is 4.48. The minimum Gasteiger partial charge on any atom is -0.366 e. The lowest BCUT2D eigenvalue weighted by molar-refractivity contribution is 0.570. The Morgan fingerprint density at radius 3 is 2.76 bits per heavy atom. The number of benzene rings is 1. The van der Waals surface area contributed by atoms with E-state index < -0.39 is 0 Å². The Hall–Kier alpha value is -1.83. The smallest absolute Gasteiger partial charge is 0.0713 e. The highest BCUT2D eigenvalue weighted by atomic mass is 15.2. The zero-order valence-electron chi connectivity index (χ0n) is 10.0. The van der Waals surface area contributed by atoms with Crippen molar-refractivity contribution in [3.05, 3.63) is 59.9 Å². The second-order valence-corrected chi connectivity index (χ2v) is 4.55. The summed E-state index contributed by atoms with van der Waals surface area (Å²) in [6.07, 6.45) is 4.16. The van der Waals surface area contributed by atoms with Gasteiger partial charge in [0.1, 0.15) is 0 Å². The van der Waals surface area contributed by atoms with E-state index in [-0.39, 0.29) is 0 Å². The van der Waals surface area contributed by atoms with E-state index in [1.54, 1.807) is 0 Å². The van der Waals surface area contributed by atoms with Gasteiger partial charge in [-0.1, -0.05) is 24.3 Å². The molecule has 0 amide bonds. The summed E-state index contributed by atoms with van der Waals surface area (Å²) in [5.41, 5.74) is 3.96. The van der Waals surface area contributed by atoms with Crippen molar-refractivity contribution >= 4 is 5.69 Å². The topological polar surface area (TPSA) is 16.1 Å². The first kappa shape index (κ1) is 10.3. The fourth-order valence-corrected chi connectivity index (χ4v) is 2.64. The van der Waals surface area contributed by atoms with Gasteiger partial charge in [0.25, 0.3) is 0 Å². The first-order chi connectivity index (χ1) is 8.36. The molecule has 2 nitrogen and oxygen atoms in total. The van der Waals surface area contributed by atoms with Crippen molar-refractivity contribution in [3.63, 3.8) is 0 Å². The van der Waals surface area contributed by atoms with Crippen LogP contribution in [-0.4, -0.2) is 12.0 Å². The zero-order chi connectivity index (χ0) is 11.7. The summed E-state index contributed by atoms with van der Waals surface area (Å²) >= 11 is 0. The first-order valence-electron chi connectivity index (χ1n) is 6.08. The molecule has 3 rings (SSSR count). The molecular weight excluding hydrogens is 208 g/mol. The Kier molecular flexibility index (Phi) is 2.56. The summed E-state index contributed by atoms with van der Waals surface area (Å²) in [7, 11) is 2.16. The molecule has 2 aromatic rings. The van der Waals surface area contributed by atoms with E-state index in [2.05, 4.69) is 53.3 Å². The molecule has 1 aromatic carbocycles. The van der Waals surface area contributed by atoms with Crippen LogP contribution in [0.4, 0.5) is 5.69 Å². The number of para-hydroxylation sites is 1. The van der Waals surface area contributed by atoms with Gasteiger partial charge in [0, 0.05) is 18.9 Å². The van der Waals surface area contributed by atoms with Gasteiger partial charge < -0.3 is 4.90 Å². The number of hydrogen-bond donors (Lipinski definition) is 0. The van der Waals surface area contributed by atoms with Crippen LogP contribution in [0.2, 0.25) is 0 Å². The average Bonchev–Trinajstić information content (AvgIpc) is 2.40. The quantitative estimate of drug-likeness (QED) is 0.739. The molecule has 0 N–H and O–H groups in total. The highest BCUT2D eigenvalue weighted by Crippen LogP contribution is 2.36. The third kappa shape index (κ3) is 1.80. The van der Waals surface area contributed by atoms with E-state index in [1.165, 1.54) is 16.9 Å². The molecule has 0 radical (unpaired) electrons. The van der Waals surface area contributed by atoms with Crippen LogP contribution in [0.15, 0.2) is 48.7 Å². The molecular formula is C15H16N2. The van der Waals surface area contributed by atoms with Crippen LogP contribution in [0, 0.1) is 0 Å². The number of nitrogens with zero attached hydrogens (tertiary/aromatic N) is 2. The standard InChI is InChI=1S/C15H16N2/c1-17-14-8-3-2-6-12(14)9-10-15(17)13-7-4-5-11-16-13/h2-8,11,15H,9-10H2,1H3/t15-/m0/s1. The predicted octanol–water partition coefficient (Wildman–Crippen LogP) is 3.21. The summed E-state index contributed by atoms with van der Waals surface area (Å²) in [6.45, 7) is 0. The van der Waals surface area contributed by atoms with Gasteiger partial charge in [0.05, 0.1) is 11.7 Å². The van der Waals surface area contributed by atoms with Gasteiger partial charge in [0.15, 0.2) is 0 Å². The monoisotopic (exact) mass is 224 g/mol. The molecule has 86 valence electrons. The SMILES string of the molecule is CN1c2ccccc2CC[C@H]1c1ccccn1. The Morgan fingerprint density at radius 2 is 1.94 bits per heavy atom. The minimum atomic E-state index is 0.408. The van der Waals surface area contributed by atoms with Gasteiger partial charge in [-0.05, 0) is 36.6 Å². The largest absolute Gasteiger partial charge is 0.366 e. The van der Waals surface area contributed by atoms with Crippen molar-refractivity contribution in [2.45, 2.75) is 18.9 Å². The highest BCUT2D eigenvalue weighted by Gasteiger charge is 2.24. The average molecular weight is 224 g/mol. The summed E-state index contributed by atoms with van der Waals surface area (Å²) in [5.74, 6) is 0. The lowest BCUT2D eigenvalue weighted by Gasteiger charge is -2.35. The van der Waals surface area contributed by atoms with Crippen LogP contribution in [-0.2, 0) is 6.42 Å². The molecule has 0 aliphatic carbocycles. The molecule has 2 heteroatoms. The van der Waals surface area contributed by atoms with E-state index >= 15 is 0 Å². The normalized spacial score (nSPS) is 18.9. The van der Waals surface area contributed by atoms with Crippen molar-refractivity contribution < 1.29 is 0 Å². The van der Waals surface area contributed by atoms with Crippen LogP contribution >= 0.6 is 0 Å². The predicted molar refractivity (Wildman–Crippen MR) is 70.1 cm³/mol. The third-order valence-corrected chi connectivity index (χ3v) is 3.56. The van der Waals surface area contributed by atoms with Gasteiger partial charge in [-0.2, -0.15) is 0 Å². The van der Waals surface area contributed by atoms with E-state index in [1.807, 2.05) is 12.3 Å². The Bertz CT molecular complexity index is 507. The van der Waals surface area contributed by atoms with E-state index in [4.69, 9.17) is 0 Å².